The van der Waals surface area contributed by atoms with E-state index < -0.39 is 36.5 Å². The Morgan fingerprint density at radius 2 is 1.52 bits per heavy atom. The van der Waals surface area contributed by atoms with Gasteiger partial charge in [0, 0.05) is 16.8 Å². The third kappa shape index (κ3) is 5.66. The molecule has 29 heavy (non-hydrogen) atoms. The first-order valence-corrected chi connectivity index (χ1v) is 12.1. The van der Waals surface area contributed by atoms with Crippen LogP contribution in [0.3, 0.4) is 0 Å². The third-order valence-electron chi connectivity index (χ3n) is 4.09. The van der Waals surface area contributed by atoms with Gasteiger partial charge in [-0.2, -0.15) is 31.6 Å². The summed E-state index contributed by atoms with van der Waals surface area (Å²) in [6.07, 6.45) is -13.5. The molecule has 0 aliphatic carbocycles. The van der Waals surface area contributed by atoms with Gasteiger partial charge in [-0.05, 0) is 41.5 Å². The lowest BCUT2D eigenvalue weighted by molar-refractivity contribution is -0.283. The lowest BCUT2D eigenvalue weighted by Gasteiger charge is -2.43. The summed E-state index contributed by atoms with van der Waals surface area (Å²) >= 11 is 0. The van der Waals surface area contributed by atoms with Crippen molar-refractivity contribution in [2.24, 2.45) is 0 Å². The summed E-state index contributed by atoms with van der Waals surface area (Å²) in [6, 6.07) is 1.31. The van der Waals surface area contributed by atoms with Crippen molar-refractivity contribution in [3.63, 3.8) is 0 Å². The van der Waals surface area contributed by atoms with Crippen LogP contribution in [0.4, 0.5) is 26.3 Å². The smallest absolute Gasteiger partial charge is 0.321 e. The molecule has 0 aromatic heterocycles. The molecule has 13 heteroatoms. The average molecular weight is 486 g/mol. The second kappa shape index (κ2) is 9.70. The molecule has 1 aliphatic heterocycles. The first-order valence-electron chi connectivity index (χ1n) is 8.78. The molecule has 2 unspecified atom stereocenters. The number of halogens is 6. The van der Waals surface area contributed by atoms with Crippen molar-refractivity contribution in [1.29, 1.82) is 5.26 Å². The molecule has 0 saturated carbocycles. The largest absolute Gasteiger partial charge is 0.415 e. The number of nitrogens with zero attached hydrogens (tertiary/aromatic N) is 2. The molecule has 1 fully saturated rings. The zero-order valence-electron chi connectivity index (χ0n) is 16.9. The summed E-state index contributed by atoms with van der Waals surface area (Å²) in [4.78, 5) is 0. The fourth-order valence-electron chi connectivity index (χ4n) is 2.89. The Balaban J connectivity index is 3.45. The second-order valence-electron chi connectivity index (χ2n) is 7.53. The van der Waals surface area contributed by atoms with Crippen LogP contribution in [-0.4, -0.2) is 51.3 Å². The molecule has 1 saturated heterocycles. The molecule has 0 bridgehead atoms. The van der Waals surface area contributed by atoms with E-state index in [-0.39, 0.29) is 35.9 Å². The Kier molecular flexibility index (Phi) is 9.07. The zero-order chi connectivity index (χ0) is 22.8. The summed E-state index contributed by atoms with van der Waals surface area (Å²) in [5.74, 6) is 0. The molecule has 0 spiro atoms. The maximum atomic E-state index is 13.9. The van der Waals surface area contributed by atoms with Gasteiger partial charge in [0.25, 0.3) is 8.53 Å². The van der Waals surface area contributed by atoms with E-state index in [1.54, 1.807) is 32.4 Å². The predicted octanol–water partition coefficient (Wildman–Crippen LogP) is 6.68. The Bertz CT molecular complexity index is 573. The quantitative estimate of drug-likeness (QED) is 0.165. The molecular weight excluding hydrogens is 461 g/mol. The van der Waals surface area contributed by atoms with Gasteiger partial charge in [0.1, 0.15) is 6.10 Å². The van der Waals surface area contributed by atoms with E-state index in [0.717, 1.165) is 0 Å². The maximum Gasteiger partial charge on any atom is 0.415 e. The van der Waals surface area contributed by atoms with E-state index in [0.29, 0.717) is 10.8 Å². The van der Waals surface area contributed by atoms with Crippen molar-refractivity contribution in [2.75, 3.05) is 6.61 Å². The van der Waals surface area contributed by atoms with E-state index in [1.165, 1.54) is 13.8 Å². The van der Waals surface area contributed by atoms with Crippen LogP contribution in [0.25, 0.3) is 0 Å². The molecule has 4 nitrogen and oxygen atoms in total. The van der Waals surface area contributed by atoms with Gasteiger partial charge in [0.15, 0.2) is 0 Å². The molecular formula is C16H25F6N2O2PS2. The van der Waals surface area contributed by atoms with E-state index in [2.05, 4.69) is 0 Å². The fourth-order valence-corrected chi connectivity index (χ4v) is 8.42. The Morgan fingerprint density at radius 1 is 1.03 bits per heavy atom. The van der Waals surface area contributed by atoms with Crippen LogP contribution in [0, 0.1) is 11.3 Å². The highest BCUT2D eigenvalue weighted by Gasteiger charge is 2.81. The van der Waals surface area contributed by atoms with Crippen molar-refractivity contribution in [2.45, 2.75) is 88.0 Å². The number of hydrogen-bond donors (Lipinski definition) is 0. The van der Waals surface area contributed by atoms with E-state index >= 15 is 0 Å². The van der Waals surface area contributed by atoms with Crippen LogP contribution in [0.15, 0.2) is 0 Å². The normalized spacial score (nSPS) is 23.0. The van der Waals surface area contributed by atoms with Crippen LogP contribution in [-0.2, 0) is 9.05 Å². The number of hydrogen-bond acceptors (Lipinski definition) is 6. The van der Waals surface area contributed by atoms with Gasteiger partial charge in [-0.1, -0.05) is 21.6 Å². The van der Waals surface area contributed by atoms with Crippen LogP contribution >= 0.6 is 30.1 Å². The third-order valence-corrected chi connectivity index (χ3v) is 10.2. The predicted molar refractivity (Wildman–Crippen MR) is 104 cm³/mol. The summed E-state index contributed by atoms with van der Waals surface area (Å²) < 4.78 is 90.3. The SMILES string of the molecule is CC(C)N(C(C)C)P(OCCC#N)OC1C(C)(C)SSC1(C(F)(F)F)C(F)(F)F. The summed E-state index contributed by atoms with van der Waals surface area (Å²) in [6.45, 7) is 9.43. The number of rotatable bonds is 8. The van der Waals surface area contributed by atoms with Crippen LogP contribution < -0.4 is 0 Å². The molecule has 0 radical (unpaired) electrons. The lowest BCUT2D eigenvalue weighted by Crippen LogP contribution is -2.63. The highest BCUT2D eigenvalue weighted by molar-refractivity contribution is 8.78. The molecule has 0 aromatic carbocycles. The van der Waals surface area contributed by atoms with Crippen molar-refractivity contribution < 1.29 is 35.4 Å². The Labute approximate surface area is 176 Å². The van der Waals surface area contributed by atoms with Crippen LogP contribution in [0.1, 0.15) is 48.0 Å². The lowest BCUT2D eigenvalue weighted by atomic mass is 9.90. The minimum atomic E-state index is -5.59. The van der Waals surface area contributed by atoms with Crippen LogP contribution in [0.2, 0.25) is 0 Å². The standard InChI is InChI=1S/C16H25F6N2O2PS2/c1-10(2)24(11(3)4)27(25-9-7-8-23)26-12-13(5,6)28-29-14(12,15(17,18)19)16(20,21)22/h10-12H,7,9H2,1-6H3. The molecule has 0 N–H and O–H groups in total. The van der Waals surface area contributed by atoms with Gasteiger partial charge in [0.05, 0.1) is 19.1 Å². The average Bonchev–Trinajstić information content (AvgIpc) is 2.78. The van der Waals surface area contributed by atoms with Gasteiger partial charge < -0.3 is 9.05 Å². The van der Waals surface area contributed by atoms with E-state index in [1.807, 2.05) is 6.07 Å². The van der Waals surface area contributed by atoms with Gasteiger partial charge in [-0.25, -0.2) is 4.67 Å². The molecule has 170 valence electrons. The van der Waals surface area contributed by atoms with Crippen LogP contribution in [0.5, 0.6) is 0 Å². The molecule has 1 aliphatic rings. The topological polar surface area (TPSA) is 45.5 Å². The Hall–Kier alpha value is 0.0800. The molecule has 0 aromatic rings. The summed E-state index contributed by atoms with van der Waals surface area (Å²) in [7, 11) is -2.04. The summed E-state index contributed by atoms with van der Waals surface area (Å²) in [5.41, 5.74) is 0. The Morgan fingerprint density at radius 3 is 1.90 bits per heavy atom. The molecule has 1 rings (SSSR count). The molecule has 2 atom stereocenters. The van der Waals surface area contributed by atoms with E-state index in [9.17, 15) is 26.3 Å². The monoisotopic (exact) mass is 486 g/mol. The fraction of sp³-hybridized carbons (Fsp3) is 0.938. The van der Waals surface area contributed by atoms with Gasteiger partial charge in [-0.3, -0.25) is 0 Å². The van der Waals surface area contributed by atoms with Crippen molar-refractivity contribution in [1.82, 2.24) is 4.67 Å². The number of alkyl halides is 6. The van der Waals surface area contributed by atoms with Gasteiger partial charge in [0.2, 0.25) is 4.75 Å². The first kappa shape index (κ1) is 27.1. The number of nitriles is 1. The zero-order valence-corrected chi connectivity index (χ0v) is 19.4. The van der Waals surface area contributed by atoms with Gasteiger partial charge in [-0.15, -0.1) is 0 Å². The highest BCUT2D eigenvalue weighted by atomic mass is 33.1. The second-order valence-corrected chi connectivity index (χ2v) is 12.0. The van der Waals surface area contributed by atoms with Crippen molar-refractivity contribution >= 4 is 30.1 Å². The summed E-state index contributed by atoms with van der Waals surface area (Å²) in [5, 5.41) is 8.72. The molecule has 1 heterocycles. The molecule has 0 amide bonds. The minimum Gasteiger partial charge on any atom is -0.321 e. The van der Waals surface area contributed by atoms with E-state index in [4.69, 9.17) is 14.3 Å². The minimum absolute atomic E-state index is 0.0620. The maximum absolute atomic E-state index is 13.9. The van der Waals surface area contributed by atoms with Crippen molar-refractivity contribution in [3.8, 4) is 6.07 Å². The van der Waals surface area contributed by atoms with Crippen molar-refractivity contribution in [3.05, 3.63) is 0 Å². The van der Waals surface area contributed by atoms with Gasteiger partial charge >= 0.3 is 12.4 Å². The highest BCUT2D eigenvalue weighted by Crippen LogP contribution is 2.70. The first-order chi connectivity index (χ1) is 13.0.